The number of anilines is 2. The lowest BCUT2D eigenvalue weighted by Crippen LogP contribution is -2.47. The van der Waals surface area contributed by atoms with E-state index in [2.05, 4.69) is 45.4 Å². The van der Waals surface area contributed by atoms with E-state index in [4.69, 9.17) is 0 Å². The maximum absolute atomic E-state index is 12.9. The van der Waals surface area contributed by atoms with Gasteiger partial charge in [0.15, 0.2) is 5.82 Å². The molecular weight excluding hydrogens is 536 g/mol. The van der Waals surface area contributed by atoms with E-state index in [1.54, 1.807) is 23.4 Å². The van der Waals surface area contributed by atoms with E-state index < -0.39 is 16.1 Å². The summed E-state index contributed by atoms with van der Waals surface area (Å²) in [4.78, 5) is 18.4. The van der Waals surface area contributed by atoms with Gasteiger partial charge in [0.25, 0.3) is 0 Å². The van der Waals surface area contributed by atoms with E-state index >= 15 is 0 Å². The second kappa shape index (κ2) is 10.9. The third-order valence-electron chi connectivity index (χ3n) is 6.94. The molecule has 1 aromatic carbocycles. The molecule has 0 aliphatic carbocycles. The van der Waals surface area contributed by atoms with Gasteiger partial charge in [0.2, 0.25) is 5.95 Å². The highest BCUT2D eigenvalue weighted by Gasteiger charge is 2.28. The Morgan fingerprint density at radius 2 is 1.56 bits per heavy atom. The molecule has 0 N–H and O–H groups in total. The number of benzene rings is 1. The molecule has 0 unspecified atom stereocenters. The SMILES string of the molecule is Cn1cc(-c2cc3c(N4CCN(c5ncc(C(=N[S@@+]([O-])C(C)(C)C)c6ccccc6)cn5)CC4)ncnn3c2)cn1. The third-order valence-corrected chi connectivity index (χ3v) is 8.34. The van der Waals surface area contributed by atoms with Crippen LogP contribution in [0.15, 0.2) is 78.1 Å². The summed E-state index contributed by atoms with van der Waals surface area (Å²) in [5, 5.41) is 8.71. The van der Waals surface area contributed by atoms with Crippen LogP contribution < -0.4 is 9.80 Å². The van der Waals surface area contributed by atoms with Crippen molar-refractivity contribution in [3.05, 3.63) is 84.8 Å². The molecule has 0 bridgehead atoms. The Bertz CT molecular complexity index is 1670. The maximum atomic E-state index is 12.9. The number of fused-ring (bicyclic) bond motifs is 1. The van der Waals surface area contributed by atoms with Gasteiger partial charge >= 0.3 is 0 Å². The first-order valence-corrected chi connectivity index (χ1v) is 14.6. The lowest BCUT2D eigenvalue weighted by Gasteiger charge is -2.35. The number of hydrogen-bond acceptors (Lipinski definition) is 9. The highest BCUT2D eigenvalue weighted by molar-refractivity contribution is 7.91. The van der Waals surface area contributed by atoms with Crippen molar-refractivity contribution in [2.24, 2.45) is 11.4 Å². The highest BCUT2D eigenvalue weighted by Crippen LogP contribution is 2.27. The minimum atomic E-state index is -1.42. The molecule has 5 aromatic rings. The Morgan fingerprint density at radius 3 is 2.22 bits per heavy atom. The Balaban J connectivity index is 1.19. The Labute approximate surface area is 241 Å². The fourth-order valence-corrected chi connectivity index (χ4v) is 5.35. The number of nitrogens with zero attached hydrogens (tertiary/aromatic N) is 10. The average Bonchev–Trinajstić information content (AvgIpc) is 3.62. The second-order valence-electron chi connectivity index (χ2n) is 11.0. The smallest absolute Gasteiger partial charge is 0.225 e. The van der Waals surface area contributed by atoms with E-state index in [-0.39, 0.29) is 0 Å². The number of aryl methyl sites for hydroxylation is 1. The average molecular weight is 569 g/mol. The van der Waals surface area contributed by atoms with Gasteiger partial charge < -0.3 is 14.4 Å². The summed E-state index contributed by atoms with van der Waals surface area (Å²) in [6, 6.07) is 11.9. The fourth-order valence-electron chi connectivity index (χ4n) is 4.70. The van der Waals surface area contributed by atoms with E-state index in [9.17, 15) is 4.55 Å². The van der Waals surface area contributed by atoms with Gasteiger partial charge in [0, 0.05) is 80.3 Å². The van der Waals surface area contributed by atoms with Crippen LogP contribution in [0.4, 0.5) is 11.8 Å². The summed E-state index contributed by atoms with van der Waals surface area (Å²) in [6.45, 7) is 8.78. The Hall–Kier alpha value is -4.29. The first-order chi connectivity index (χ1) is 19.8. The highest BCUT2D eigenvalue weighted by atomic mass is 32.2. The van der Waals surface area contributed by atoms with Crippen molar-refractivity contribution in [1.29, 1.82) is 0 Å². The van der Waals surface area contributed by atoms with E-state index in [0.717, 1.165) is 59.8 Å². The zero-order valence-electron chi connectivity index (χ0n) is 23.5. The third kappa shape index (κ3) is 5.66. The summed E-state index contributed by atoms with van der Waals surface area (Å²) in [5.41, 5.74) is 5.29. The minimum absolute atomic E-state index is 0.475. The summed E-state index contributed by atoms with van der Waals surface area (Å²) >= 11 is -1.42. The largest absolute Gasteiger partial charge is 0.591 e. The molecule has 6 rings (SSSR count). The van der Waals surface area contributed by atoms with Gasteiger partial charge in [0.05, 0.1) is 6.20 Å². The molecule has 0 spiro atoms. The molecule has 1 aliphatic heterocycles. The minimum Gasteiger partial charge on any atom is -0.591 e. The summed E-state index contributed by atoms with van der Waals surface area (Å²) in [5.74, 6) is 1.56. The van der Waals surface area contributed by atoms with E-state index in [1.165, 1.54) is 0 Å². The molecule has 5 heterocycles. The Morgan fingerprint density at radius 1 is 0.854 bits per heavy atom. The number of piperazine rings is 1. The van der Waals surface area contributed by atoms with Crippen LogP contribution in [0.25, 0.3) is 16.6 Å². The molecule has 1 fully saturated rings. The van der Waals surface area contributed by atoms with Crippen LogP contribution in [0.1, 0.15) is 31.9 Å². The van der Waals surface area contributed by atoms with Crippen LogP contribution >= 0.6 is 0 Å². The first-order valence-electron chi connectivity index (χ1n) is 13.5. The molecule has 1 saturated heterocycles. The van der Waals surface area contributed by atoms with Crippen molar-refractivity contribution in [2.75, 3.05) is 36.0 Å². The van der Waals surface area contributed by atoms with Gasteiger partial charge in [-0.25, -0.2) is 19.5 Å². The molecule has 41 heavy (non-hydrogen) atoms. The normalized spacial score (nSPS) is 15.5. The van der Waals surface area contributed by atoms with Gasteiger partial charge in [-0.2, -0.15) is 10.2 Å². The molecular formula is C29H32N10OS. The van der Waals surface area contributed by atoms with Crippen molar-refractivity contribution in [2.45, 2.75) is 25.5 Å². The Kier molecular flexibility index (Phi) is 7.18. The van der Waals surface area contributed by atoms with Crippen LogP contribution in [0, 0.1) is 0 Å². The first kappa shape index (κ1) is 26.9. The molecule has 1 atom stereocenters. The number of rotatable bonds is 6. The van der Waals surface area contributed by atoms with Gasteiger partial charge in [-0.3, -0.25) is 4.68 Å². The monoisotopic (exact) mass is 568 g/mol. The van der Waals surface area contributed by atoms with Gasteiger partial charge in [-0.1, -0.05) is 34.7 Å². The van der Waals surface area contributed by atoms with Gasteiger partial charge in [-0.05, 0) is 26.8 Å². The lowest BCUT2D eigenvalue weighted by atomic mass is 10.1. The second-order valence-corrected chi connectivity index (χ2v) is 12.9. The lowest BCUT2D eigenvalue weighted by molar-refractivity contribution is 0.561. The standard InChI is InChI=1S/C29H32N10OS/c1-29(2,3)41(40)35-26(21-8-6-5-7-9-21)23-15-30-28(31-16-23)38-12-10-37(11-13-38)27-25-14-22(19-39(25)34-20-32-27)24-17-33-36(4)18-24/h5-9,14-20H,10-13H2,1-4H3/t41-/m0/s1. The topological polar surface area (TPSA) is 116 Å². The zero-order chi connectivity index (χ0) is 28.6. The van der Waals surface area contributed by atoms with Gasteiger partial charge in [0.1, 0.15) is 33.7 Å². The zero-order valence-corrected chi connectivity index (χ0v) is 24.4. The van der Waals surface area contributed by atoms with Crippen molar-refractivity contribution < 1.29 is 4.55 Å². The molecule has 0 saturated carbocycles. The molecule has 12 heteroatoms. The molecule has 11 nitrogen and oxygen atoms in total. The van der Waals surface area contributed by atoms with E-state index in [0.29, 0.717) is 11.7 Å². The van der Waals surface area contributed by atoms with Crippen LogP contribution in [0.3, 0.4) is 0 Å². The molecule has 1 aliphatic rings. The van der Waals surface area contributed by atoms with Crippen LogP contribution in [-0.4, -0.2) is 75.5 Å². The number of hydrogen-bond donors (Lipinski definition) is 0. The molecule has 4 aromatic heterocycles. The quantitative estimate of drug-likeness (QED) is 0.226. The molecule has 0 amide bonds. The predicted octanol–water partition coefficient (Wildman–Crippen LogP) is 3.55. The van der Waals surface area contributed by atoms with Crippen LogP contribution in [0.5, 0.6) is 0 Å². The van der Waals surface area contributed by atoms with Crippen molar-refractivity contribution in [1.82, 2.24) is 34.3 Å². The van der Waals surface area contributed by atoms with Crippen molar-refractivity contribution >= 4 is 34.4 Å². The molecule has 0 radical (unpaired) electrons. The van der Waals surface area contributed by atoms with Crippen molar-refractivity contribution in [3.63, 3.8) is 0 Å². The molecule has 210 valence electrons. The predicted molar refractivity (Wildman–Crippen MR) is 162 cm³/mol. The van der Waals surface area contributed by atoms with Crippen LogP contribution in [-0.2, 0) is 18.4 Å². The van der Waals surface area contributed by atoms with Gasteiger partial charge in [-0.15, -0.1) is 0 Å². The van der Waals surface area contributed by atoms with Crippen molar-refractivity contribution in [3.8, 4) is 11.1 Å². The number of aromatic nitrogens is 7. The summed E-state index contributed by atoms with van der Waals surface area (Å²) in [6.07, 6.45) is 11.0. The summed E-state index contributed by atoms with van der Waals surface area (Å²) < 4.78 is 20.7. The summed E-state index contributed by atoms with van der Waals surface area (Å²) in [7, 11) is 1.91. The van der Waals surface area contributed by atoms with E-state index in [1.807, 2.05) is 81.3 Å². The van der Waals surface area contributed by atoms with Crippen LogP contribution in [0.2, 0.25) is 0 Å². The maximum Gasteiger partial charge on any atom is 0.225 e. The fraction of sp³-hybridized carbons (Fsp3) is 0.310.